The zero-order valence-electron chi connectivity index (χ0n) is 28.2. The van der Waals surface area contributed by atoms with Gasteiger partial charge in [-0.1, -0.05) is 52.1 Å². The molecule has 0 amide bonds. The first-order valence-corrected chi connectivity index (χ1v) is 17.9. The number of halogens is 2. The summed E-state index contributed by atoms with van der Waals surface area (Å²) in [6.45, 7) is 7.37. The number of carboxylic acid groups (broad SMARTS) is 1. The summed E-state index contributed by atoms with van der Waals surface area (Å²) in [6, 6.07) is 23.4. The smallest absolute Gasteiger partial charge is 0.319 e. The van der Waals surface area contributed by atoms with Crippen molar-refractivity contribution < 1.29 is 34.1 Å². The highest BCUT2D eigenvalue weighted by Gasteiger charge is 2.35. The average molecular weight is 815 g/mol. The van der Waals surface area contributed by atoms with Crippen LogP contribution in [0.25, 0.3) is 21.8 Å². The lowest BCUT2D eigenvalue weighted by Crippen LogP contribution is -2.25. The number of hydrogen-bond donors (Lipinski definition) is 2. The molecule has 0 bridgehead atoms. The number of phenolic OH excluding ortho intramolecular Hbond substituents is 1. The first kappa shape index (κ1) is 35.8. The highest BCUT2D eigenvalue weighted by Crippen LogP contribution is 2.40. The van der Waals surface area contributed by atoms with Gasteiger partial charge in [-0.05, 0) is 116 Å². The lowest BCUT2D eigenvalue weighted by atomic mass is 9.84. The monoisotopic (exact) mass is 812 g/mol. The van der Waals surface area contributed by atoms with Gasteiger partial charge in [0.2, 0.25) is 0 Å². The fraction of sp³-hybridized carbons (Fsp3) is 0.200. The van der Waals surface area contributed by atoms with Crippen molar-refractivity contribution in [3.05, 3.63) is 128 Å². The number of aromatic hydroxyl groups is 1. The number of aliphatic carboxylic acids is 1. The second kappa shape index (κ2) is 14.3. The van der Waals surface area contributed by atoms with E-state index >= 15 is 0 Å². The van der Waals surface area contributed by atoms with Crippen LogP contribution in [0.5, 0.6) is 11.5 Å². The van der Waals surface area contributed by atoms with Gasteiger partial charge in [0.05, 0.1) is 23.4 Å². The van der Waals surface area contributed by atoms with Gasteiger partial charge in [-0.25, -0.2) is 0 Å². The SMILES string of the molecule is CCC(C)C(C(=O)Oc1ccc2c(c1)c(CC(=O)O)c(C)n2C(=O)c1ccc(Br)cc1)c1c(C)n(C(=O)c2ccc(Br)cc2)c2ccc(O)cc12. The van der Waals surface area contributed by atoms with Crippen LogP contribution in [0, 0.1) is 19.8 Å². The molecule has 11 heteroatoms. The second-order valence-electron chi connectivity index (χ2n) is 12.6. The van der Waals surface area contributed by atoms with E-state index < -0.39 is 17.9 Å². The number of carbonyl (C=O) groups is 4. The number of benzene rings is 4. The van der Waals surface area contributed by atoms with Gasteiger partial charge in [0, 0.05) is 42.2 Å². The average Bonchev–Trinajstić information content (AvgIpc) is 3.53. The molecule has 2 atom stereocenters. The standard InChI is InChI=1S/C40H34Br2N2O7/c1-5-21(2)36(37-23(4)44(34-16-14-28(45)18-32(34)37)39(49)25-8-12-27(42)13-9-25)40(50)51-29-15-17-33-31(19-29)30(20-35(46)47)22(3)43(33)38(48)24-6-10-26(41)11-7-24/h6-19,21,36,45H,5,20H2,1-4H3,(H,46,47). The normalized spacial score (nSPS) is 12.6. The Kier molecular flexibility index (Phi) is 10.1. The van der Waals surface area contributed by atoms with Crippen LogP contribution in [0.15, 0.2) is 93.9 Å². The Morgan fingerprint density at radius 3 is 1.82 bits per heavy atom. The molecule has 260 valence electrons. The van der Waals surface area contributed by atoms with E-state index in [9.17, 15) is 29.4 Å². The molecule has 51 heavy (non-hydrogen) atoms. The second-order valence-corrected chi connectivity index (χ2v) is 14.4. The molecule has 9 nitrogen and oxygen atoms in total. The zero-order valence-corrected chi connectivity index (χ0v) is 31.4. The molecule has 0 aliphatic rings. The van der Waals surface area contributed by atoms with E-state index in [4.69, 9.17) is 4.74 Å². The first-order valence-electron chi connectivity index (χ1n) is 16.3. The van der Waals surface area contributed by atoms with Crippen LogP contribution >= 0.6 is 31.9 Å². The topological polar surface area (TPSA) is 128 Å². The van der Waals surface area contributed by atoms with Crippen LogP contribution in [-0.4, -0.2) is 43.1 Å². The minimum absolute atomic E-state index is 0.0118. The molecular weight excluding hydrogens is 780 g/mol. The molecule has 2 unspecified atom stereocenters. The van der Waals surface area contributed by atoms with Crippen LogP contribution in [0.4, 0.5) is 0 Å². The number of phenols is 1. The van der Waals surface area contributed by atoms with Crippen molar-refractivity contribution in [3.8, 4) is 11.5 Å². The Labute approximate surface area is 310 Å². The minimum Gasteiger partial charge on any atom is -0.508 e. The molecule has 4 aromatic carbocycles. The van der Waals surface area contributed by atoms with E-state index in [2.05, 4.69) is 31.9 Å². The molecular formula is C40H34Br2N2O7. The summed E-state index contributed by atoms with van der Waals surface area (Å²) in [5.74, 6) is -3.16. The lowest BCUT2D eigenvalue weighted by molar-refractivity contribution is -0.138. The number of esters is 1. The molecule has 2 N–H and O–H groups in total. The number of hydrogen-bond acceptors (Lipinski definition) is 6. The highest BCUT2D eigenvalue weighted by atomic mass is 79.9. The van der Waals surface area contributed by atoms with Crippen molar-refractivity contribution in [1.82, 2.24) is 9.13 Å². The minimum atomic E-state index is -1.07. The first-order chi connectivity index (χ1) is 24.3. The van der Waals surface area contributed by atoms with E-state index in [0.717, 1.165) is 8.95 Å². The molecule has 0 aliphatic heterocycles. The van der Waals surface area contributed by atoms with Gasteiger partial charge in [0.15, 0.2) is 0 Å². The van der Waals surface area contributed by atoms with Crippen molar-refractivity contribution in [2.45, 2.75) is 46.5 Å². The number of rotatable bonds is 9. The Morgan fingerprint density at radius 1 is 0.745 bits per heavy atom. The van der Waals surface area contributed by atoms with Crippen molar-refractivity contribution in [1.29, 1.82) is 0 Å². The Hall–Kier alpha value is -5.00. The molecule has 0 saturated heterocycles. The molecule has 0 saturated carbocycles. The number of carboxylic acids is 1. The van der Waals surface area contributed by atoms with Crippen molar-refractivity contribution >= 4 is 77.4 Å². The summed E-state index contributed by atoms with van der Waals surface area (Å²) in [6.07, 6.45) is 0.262. The van der Waals surface area contributed by atoms with Gasteiger partial charge in [0.1, 0.15) is 11.5 Å². The Bertz CT molecular complexity index is 2360. The maximum atomic E-state index is 14.3. The number of nitrogens with zero attached hydrogens (tertiary/aromatic N) is 2. The predicted octanol–water partition coefficient (Wildman–Crippen LogP) is 9.18. The molecule has 2 aromatic heterocycles. The summed E-state index contributed by atoms with van der Waals surface area (Å²) < 4.78 is 10.8. The van der Waals surface area contributed by atoms with E-state index in [1.807, 2.05) is 13.8 Å². The third-order valence-electron chi connectivity index (χ3n) is 9.46. The summed E-state index contributed by atoms with van der Waals surface area (Å²) in [7, 11) is 0. The quantitative estimate of drug-likeness (QED) is 0.110. The number of fused-ring (bicyclic) bond motifs is 2. The van der Waals surface area contributed by atoms with E-state index in [1.165, 1.54) is 10.6 Å². The van der Waals surface area contributed by atoms with Gasteiger partial charge < -0.3 is 14.9 Å². The van der Waals surface area contributed by atoms with E-state index in [1.54, 1.807) is 97.3 Å². The summed E-state index contributed by atoms with van der Waals surface area (Å²) in [4.78, 5) is 53.9. The van der Waals surface area contributed by atoms with E-state index in [0.29, 0.717) is 61.9 Å². The predicted molar refractivity (Wildman–Crippen MR) is 202 cm³/mol. The molecule has 6 aromatic rings. The number of carbonyl (C=O) groups excluding carboxylic acids is 3. The molecule has 0 fully saturated rings. The summed E-state index contributed by atoms with van der Waals surface area (Å²) in [5, 5.41) is 21.3. The van der Waals surface area contributed by atoms with Crippen LogP contribution in [-0.2, 0) is 16.0 Å². The Morgan fingerprint density at radius 2 is 1.27 bits per heavy atom. The fourth-order valence-electron chi connectivity index (χ4n) is 6.74. The number of aromatic nitrogens is 2. The highest BCUT2D eigenvalue weighted by molar-refractivity contribution is 9.10. The van der Waals surface area contributed by atoms with Crippen molar-refractivity contribution in [2.75, 3.05) is 0 Å². The van der Waals surface area contributed by atoms with Crippen LogP contribution < -0.4 is 4.74 Å². The zero-order chi connectivity index (χ0) is 36.7. The van der Waals surface area contributed by atoms with E-state index in [-0.39, 0.29) is 35.7 Å². The third kappa shape index (κ3) is 6.75. The fourth-order valence-corrected chi connectivity index (χ4v) is 7.27. The van der Waals surface area contributed by atoms with Crippen LogP contribution in [0.3, 0.4) is 0 Å². The molecule has 0 aliphatic carbocycles. The maximum Gasteiger partial charge on any atom is 0.319 e. The number of ether oxygens (including phenoxy) is 1. The largest absolute Gasteiger partial charge is 0.508 e. The van der Waals surface area contributed by atoms with Crippen molar-refractivity contribution in [3.63, 3.8) is 0 Å². The summed E-state index contributed by atoms with van der Waals surface area (Å²) in [5.41, 5.74) is 3.92. The van der Waals surface area contributed by atoms with Gasteiger partial charge in [-0.3, -0.25) is 28.3 Å². The molecule has 6 rings (SSSR count). The van der Waals surface area contributed by atoms with Gasteiger partial charge in [-0.15, -0.1) is 0 Å². The van der Waals surface area contributed by atoms with Crippen LogP contribution in [0.2, 0.25) is 0 Å². The Balaban J connectivity index is 1.44. The molecule has 2 heterocycles. The molecule has 0 radical (unpaired) electrons. The van der Waals surface area contributed by atoms with Gasteiger partial charge >= 0.3 is 11.9 Å². The third-order valence-corrected chi connectivity index (χ3v) is 10.5. The summed E-state index contributed by atoms with van der Waals surface area (Å²) >= 11 is 6.80. The van der Waals surface area contributed by atoms with Crippen molar-refractivity contribution in [2.24, 2.45) is 5.92 Å². The van der Waals surface area contributed by atoms with Gasteiger partial charge in [0.25, 0.3) is 11.8 Å². The van der Waals surface area contributed by atoms with Crippen LogP contribution in [0.1, 0.15) is 69.4 Å². The lowest BCUT2D eigenvalue weighted by Gasteiger charge is -2.22. The van der Waals surface area contributed by atoms with Gasteiger partial charge in [-0.2, -0.15) is 0 Å². The molecule has 0 spiro atoms. The maximum absolute atomic E-state index is 14.3.